The molecule has 0 spiro atoms. The van der Waals surface area contributed by atoms with Crippen LogP contribution in [0.3, 0.4) is 0 Å². The van der Waals surface area contributed by atoms with Crippen LogP contribution in [0.25, 0.3) is 0 Å². The van der Waals surface area contributed by atoms with E-state index >= 15 is 0 Å². The molecule has 0 heterocycles. The van der Waals surface area contributed by atoms with E-state index in [1.165, 1.54) is 116 Å². The van der Waals surface area contributed by atoms with Crippen LogP contribution in [0, 0.1) is 0 Å². The fraction of sp³-hybridized carbons (Fsp3) is 1.00. The average molecular weight is 354 g/mol. The fourth-order valence-electron chi connectivity index (χ4n) is 3.69. The number of hydrogen-bond acceptors (Lipinski definition) is 1. The molecule has 1 atom stereocenters. The van der Waals surface area contributed by atoms with Crippen molar-refractivity contribution in [1.82, 2.24) is 0 Å². The Kier molecular flexibility index (Phi) is 22.0. The summed E-state index contributed by atoms with van der Waals surface area (Å²) in [4.78, 5) is 0. The smallest absolute Gasteiger partial charge is 0.0533 e. The highest BCUT2D eigenvalue weighted by Crippen LogP contribution is 2.14. The number of hydrogen-bond donors (Lipinski definition) is 0. The third-order valence-corrected chi connectivity index (χ3v) is 5.51. The van der Waals surface area contributed by atoms with Crippen LogP contribution in [0.1, 0.15) is 149 Å². The normalized spacial score (nSPS) is 12.6. The molecule has 0 bridgehead atoms. The Morgan fingerprint density at radius 2 is 0.640 bits per heavy atom. The van der Waals surface area contributed by atoms with Crippen molar-refractivity contribution in [3.8, 4) is 0 Å². The molecule has 1 heteroatoms. The van der Waals surface area contributed by atoms with E-state index < -0.39 is 0 Å². The van der Waals surface area contributed by atoms with E-state index in [1.54, 1.807) is 0 Å². The summed E-state index contributed by atoms with van der Waals surface area (Å²) in [6.07, 6.45) is 27.4. The fourth-order valence-corrected chi connectivity index (χ4v) is 3.69. The summed E-state index contributed by atoms with van der Waals surface area (Å²) in [5.41, 5.74) is 0. The second-order valence-electron chi connectivity index (χ2n) is 8.21. The monoisotopic (exact) mass is 353 g/mol. The van der Waals surface area contributed by atoms with E-state index in [0.29, 0.717) is 0 Å². The van der Waals surface area contributed by atoms with E-state index in [9.17, 15) is 5.11 Å². The van der Waals surface area contributed by atoms with Crippen molar-refractivity contribution in [2.75, 3.05) is 0 Å². The largest absolute Gasteiger partial charge is 0.852 e. The van der Waals surface area contributed by atoms with E-state index in [0.717, 1.165) is 19.3 Å². The lowest BCUT2D eigenvalue weighted by Crippen LogP contribution is -2.24. The zero-order chi connectivity index (χ0) is 18.4. The average Bonchev–Trinajstić information content (AvgIpc) is 2.62. The van der Waals surface area contributed by atoms with Gasteiger partial charge in [0.1, 0.15) is 0 Å². The Morgan fingerprint density at radius 1 is 0.400 bits per heavy atom. The van der Waals surface area contributed by atoms with Gasteiger partial charge in [-0.1, -0.05) is 149 Å². The van der Waals surface area contributed by atoms with Crippen LogP contribution in [0.15, 0.2) is 0 Å². The van der Waals surface area contributed by atoms with Crippen LogP contribution in [0.4, 0.5) is 0 Å². The van der Waals surface area contributed by atoms with Crippen LogP contribution >= 0.6 is 0 Å². The van der Waals surface area contributed by atoms with Crippen molar-refractivity contribution >= 4 is 0 Å². The first-order valence-corrected chi connectivity index (χ1v) is 12.0. The van der Waals surface area contributed by atoms with Crippen molar-refractivity contribution < 1.29 is 5.11 Å². The van der Waals surface area contributed by atoms with E-state index in [-0.39, 0.29) is 6.10 Å². The van der Waals surface area contributed by atoms with Crippen LogP contribution in [-0.4, -0.2) is 6.10 Å². The highest BCUT2D eigenvalue weighted by atomic mass is 16.3. The molecule has 0 saturated heterocycles. The van der Waals surface area contributed by atoms with Gasteiger partial charge in [0.2, 0.25) is 0 Å². The van der Waals surface area contributed by atoms with Gasteiger partial charge in [-0.25, -0.2) is 0 Å². The molecular formula is C24H49O-. The van der Waals surface area contributed by atoms with E-state index in [4.69, 9.17) is 0 Å². The van der Waals surface area contributed by atoms with Crippen LogP contribution < -0.4 is 5.11 Å². The molecular weight excluding hydrogens is 304 g/mol. The molecule has 0 aliphatic rings. The number of unbranched alkanes of at least 4 members (excludes halogenated alkanes) is 17. The van der Waals surface area contributed by atoms with Crippen molar-refractivity contribution in [2.24, 2.45) is 0 Å². The zero-order valence-corrected chi connectivity index (χ0v) is 17.8. The van der Waals surface area contributed by atoms with Gasteiger partial charge in [-0.15, -0.1) is 6.10 Å². The lowest BCUT2D eigenvalue weighted by molar-refractivity contribution is -0.423. The summed E-state index contributed by atoms with van der Waals surface area (Å²) in [5, 5.41) is 11.9. The first-order valence-electron chi connectivity index (χ1n) is 12.0. The Labute approximate surface area is 160 Å². The zero-order valence-electron chi connectivity index (χ0n) is 17.8. The maximum absolute atomic E-state index is 11.9. The predicted molar refractivity (Wildman–Crippen MR) is 112 cm³/mol. The van der Waals surface area contributed by atoms with Gasteiger partial charge >= 0.3 is 0 Å². The summed E-state index contributed by atoms with van der Waals surface area (Å²) < 4.78 is 0. The van der Waals surface area contributed by atoms with Crippen molar-refractivity contribution in [1.29, 1.82) is 0 Å². The third kappa shape index (κ3) is 21.9. The molecule has 0 rings (SSSR count). The molecule has 0 aromatic rings. The number of rotatable bonds is 21. The van der Waals surface area contributed by atoms with E-state index in [1.807, 2.05) is 0 Å². The quantitative estimate of drug-likeness (QED) is 0.192. The highest BCUT2D eigenvalue weighted by Gasteiger charge is 1.97. The van der Waals surface area contributed by atoms with Gasteiger partial charge < -0.3 is 5.11 Å². The molecule has 0 aliphatic carbocycles. The predicted octanol–water partition coefficient (Wildman–Crippen LogP) is 7.95. The molecule has 0 amide bonds. The standard InChI is InChI=1S/C24H49O/c1-3-5-7-9-10-11-12-13-14-15-16-17-19-21-23-24(25)22-20-18-8-6-4-2/h24H,3-23H2,1-2H3/q-1. The Hall–Kier alpha value is -0.0400. The van der Waals surface area contributed by atoms with Crippen LogP contribution in [0.2, 0.25) is 0 Å². The molecule has 0 saturated carbocycles. The minimum Gasteiger partial charge on any atom is -0.852 e. The summed E-state index contributed by atoms with van der Waals surface area (Å²) >= 11 is 0. The molecule has 0 aromatic carbocycles. The molecule has 25 heavy (non-hydrogen) atoms. The molecule has 0 fully saturated rings. The van der Waals surface area contributed by atoms with Gasteiger partial charge in [0, 0.05) is 0 Å². The third-order valence-electron chi connectivity index (χ3n) is 5.51. The minimum atomic E-state index is -0.279. The molecule has 0 aliphatic heterocycles. The molecule has 1 nitrogen and oxygen atoms in total. The molecule has 1 unspecified atom stereocenters. The summed E-state index contributed by atoms with van der Waals surface area (Å²) in [5.74, 6) is 0. The van der Waals surface area contributed by atoms with Gasteiger partial charge in [0.25, 0.3) is 0 Å². The van der Waals surface area contributed by atoms with Gasteiger partial charge in [-0.05, 0) is 0 Å². The summed E-state index contributed by atoms with van der Waals surface area (Å²) in [6, 6.07) is 0. The van der Waals surface area contributed by atoms with Gasteiger partial charge in [-0.2, -0.15) is 0 Å². The van der Waals surface area contributed by atoms with Crippen molar-refractivity contribution in [3.05, 3.63) is 0 Å². The second-order valence-corrected chi connectivity index (χ2v) is 8.21. The Bertz CT molecular complexity index is 226. The first kappa shape index (κ1) is 25.0. The SMILES string of the molecule is CCCCCCCCCCCCCCCCC([O-])CCCCCCC. The van der Waals surface area contributed by atoms with Crippen LogP contribution in [0.5, 0.6) is 0 Å². The molecule has 0 radical (unpaired) electrons. The Morgan fingerprint density at radius 3 is 0.920 bits per heavy atom. The molecule has 152 valence electrons. The van der Waals surface area contributed by atoms with Crippen molar-refractivity contribution in [3.63, 3.8) is 0 Å². The highest BCUT2D eigenvalue weighted by molar-refractivity contribution is 4.56. The van der Waals surface area contributed by atoms with Gasteiger partial charge in [0.15, 0.2) is 0 Å². The van der Waals surface area contributed by atoms with Crippen molar-refractivity contribution in [2.45, 2.75) is 155 Å². The topological polar surface area (TPSA) is 23.1 Å². The maximum Gasteiger partial charge on any atom is -0.0533 e. The van der Waals surface area contributed by atoms with Crippen LogP contribution in [-0.2, 0) is 0 Å². The van der Waals surface area contributed by atoms with E-state index in [2.05, 4.69) is 13.8 Å². The molecule has 0 N–H and O–H groups in total. The summed E-state index contributed by atoms with van der Waals surface area (Å²) in [7, 11) is 0. The first-order chi connectivity index (χ1) is 12.3. The second kappa shape index (κ2) is 22.0. The lowest BCUT2D eigenvalue weighted by Gasteiger charge is -2.21. The maximum atomic E-state index is 11.9. The van der Waals surface area contributed by atoms with Gasteiger partial charge in [0.05, 0.1) is 0 Å². The Balaban J connectivity index is 3.08. The summed E-state index contributed by atoms with van der Waals surface area (Å²) in [6.45, 7) is 4.53. The molecule has 0 aromatic heterocycles. The minimum absolute atomic E-state index is 0.279. The van der Waals surface area contributed by atoms with Gasteiger partial charge in [-0.3, -0.25) is 0 Å². The lowest BCUT2D eigenvalue weighted by atomic mass is 10.0.